The molecule has 0 N–H and O–H groups in total. The molecule has 0 aliphatic carbocycles. The number of hydrogen-bond donors (Lipinski definition) is 0. The number of hydrogen-bond acceptors (Lipinski definition) is 3. The van der Waals surface area contributed by atoms with Gasteiger partial charge in [0.05, 0.1) is 18.8 Å². The third kappa shape index (κ3) is 5.29. The molecule has 0 aromatic carbocycles. The van der Waals surface area contributed by atoms with Crippen LogP contribution in [-0.2, 0) is 9.47 Å². The highest BCUT2D eigenvalue weighted by atomic mass is 79.9. The SMILES string of the molecule is COC(C)CN1CCC(OCCBr)CC1. The largest absolute Gasteiger partial charge is 0.380 e. The monoisotopic (exact) mass is 279 g/mol. The molecule has 0 radical (unpaired) electrons. The summed E-state index contributed by atoms with van der Waals surface area (Å²) in [7, 11) is 1.77. The first-order chi connectivity index (χ1) is 7.26. The highest BCUT2D eigenvalue weighted by molar-refractivity contribution is 9.09. The van der Waals surface area contributed by atoms with E-state index in [9.17, 15) is 0 Å². The van der Waals surface area contributed by atoms with Crippen LogP contribution >= 0.6 is 15.9 Å². The average molecular weight is 280 g/mol. The molecule has 0 aromatic heterocycles. The van der Waals surface area contributed by atoms with Crippen molar-refractivity contribution in [3.8, 4) is 0 Å². The second-order valence-corrected chi connectivity index (χ2v) is 4.90. The van der Waals surface area contributed by atoms with E-state index in [4.69, 9.17) is 9.47 Å². The fourth-order valence-electron chi connectivity index (χ4n) is 1.91. The third-order valence-corrected chi connectivity index (χ3v) is 3.21. The summed E-state index contributed by atoms with van der Waals surface area (Å²) in [6.45, 7) is 6.27. The molecule has 0 bridgehead atoms. The predicted molar refractivity (Wildman–Crippen MR) is 65.7 cm³/mol. The maximum atomic E-state index is 5.71. The zero-order valence-corrected chi connectivity index (χ0v) is 11.3. The molecular formula is C11H22BrNO2. The number of methoxy groups -OCH3 is 1. The Kier molecular flexibility index (Phi) is 6.81. The number of rotatable bonds is 6. The minimum Gasteiger partial charge on any atom is -0.380 e. The molecule has 3 nitrogen and oxygen atoms in total. The van der Waals surface area contributed by atoms with Gasteiger partial charge in [0, 0.05) is 32.1 Å². The Morgan fingerprint density at radius 1 is 1.40 bits per heavy atom. The second kappa shape index (κ2) is 7.60. The normalized spacial score (nSPS) is 21.8. The highest BCUT2D eigenvalue weighted by Gasteiger charge is 2.20. The van der Waals surface area contributed by atoms with Crippen LogP contribution in [0.2, 0.25) is 0 Å². The molecule has 4 heteroatoms. The summed E-state index contributed by atoms with van der Waals surface area (Å²) in [5.74, 6) is 0. The van der Waals surface area contributed by atoms with Crippen LogP contribution in [0.4, 0.5) is 0 Å². The van der Waals surface area contributed by atoms with Crippen molar-refractivity contribution < 1.29 is 9.47 Å². The van der Waals surface area contributed by atoms with Crippen LogP contribution in [0.5, 0.6) is 0 Å². The van der Waals surface area contributed by atoms with Crippen LogP contribution < -0.4 is 0 Å². The van der Waals surface area contributed by atoms with E-state index in [1.165, 1.54) is 0 Å². The Balaban J connectivity index is 2.12. The van der Waals surface area contributed by atoms with E-state index in [1.807, 2.05) is 0 Å². The van der Waals surface area contributed by atoms with Gasteiger partial charge < -0.3 is 14.4 Å². The van der Waals surface area contributed by atoms with Crippen molar-refractivity contribution in [1.82, 2.24) is 4.90 Å². The van der Waals surface area contributed by atoms with Crippen LogP contribution in [0, 0.1) is 0 Å². The summed E-state index contributed by atoms with van der Waals surface area (Å²) in [6, 6.07) is 0. The van der Waals surface area contributed by atoms with Crippen LogP contribution in [0.3, 0.4) is 0 Å². The van der Waals surface area contributed by atoms with Gasteiger partial charge in [0.15, 0.2) is 0 Å². The standard InChI is InChI=1S/C11H22BrNO2/c1-10(14-2)9-13-6-3-11(4-7-13)15-8-5-12/h10-11H,3-9H2,1-2H3. The molecule has 0 saturated carbocycles. The second-order valence-electron chi connectivity index (χ2n) is 4.11. The predicted octanol–water partition coefficient (Wildman–Crippen LogP) is 1.90. The smallest absolute Gasteiger partial charge is 0.0670 e. The van der Waals surface area contributed by atoms with E-state index in [-0.39, 0.29) is 0 Å². The topological polar surface area (TPSA) is 21.7 Å². The van der Waals surface area contributed by atoms with Gasteiger partial charge in [-0.1, -0.05) is 15.9 Å². The summed E-state index contributed by atoms with van der Waals surface area (Å²) < 4.78 is 11.0. The lowest BCUT2D eigenvalue weighted by molar-refractivity contribution is 0.00118. The van der Waals surface area contributed by atoms with Gasteiger partial charge in [0.2, 0.25) is 0 Å². The van der Waals surface area contributed by atoms with Crippen LogP contribution in [0.25, 0.3) is 0 Å². The van der Waals surface area contributed by atoms with E-state index in [0.29, 0.717) is 12.2 Å². The lowest BCUT2D eigenvalue weighted by Crippen LogP contribution is -2.40. The molecule has 1 aliphatic heterocycles. The van der Waals surface area contributed by atoms with Crippen molar-refractivity contribution in [1.29, 1.82) is 0 Å². The molecule has 1 unspecified atom stereocenters. The molecule has 15 heavy (non-hydrogen) atoms. The first-order valence-corrected chi connectivity index (χ1v) is 6.81. The van der Waals surface area contributed by atoms with Gasteiger partial charge >= 0.3 is 0 Å². The molecule has 90 valence electrons. The Bertz CT molecular complexity index is 161. The van der Waals surface area contributed by atoms with Crippen molar-refractivity contribution >= 4 is 15.9 Å². The summed E-state index contributed by atoms with van der Waals surface area (Å²) in [4.78, 5) is 2.46. The Hall–Kier alpha value is 0.360. The van der Waals surface area contributed by atoms with E-state index >= 15 is 0 Å². The van der Waals surface area contributed by atoms with E-state index < -0.39 is 0 Å². The van der Waals surface area contributed by atoms with Gasteiger partial charge in [0.1, 0.15) is 0 Å². The van der Waals surface area contributed by atoms with Gasteiger partial charge in [-0.2, -0.15) is 0 Å². The fraction of sp³-hybridized carbons (Fsp3) is 1.00. The van der Waals surface area contributed by atoms with Gasteiger partial charge in [-0.25, -0.2) is 0 Å². The highest BCUT2D eigenvalue weighted by Crippen LogP contribution is 2.14. The number of piperidine rings is 1. The molecular weight excluding hydrogens is 258 g/mol. The Labute approximate surface area is 101 Å². The summed E-state index contributed by atoms with van der Waals surface area (Å²) >= 11 is 3.38. The van der Waals surface area contributed by atoms with Crippen molar-refractivity contribution in [3.05, 3.63) is 0 Å². The number of likely N-dealkylation sites (tertiary alicyclic amines) is 1. The van der Waals surface area contributed by atoms with Crippen molar-refractivity contribution in [2.45, 2.75) is 32.0 Å². The van der Waals surface area contributed by atoms with E-state index in [1.54, 1.807) is 7.11 Å². The maximum absolute atomic E-state index is 5.71. The molecule has 1 saturated heterocycles. The molecule has 1 heterocycles. The minimum absolute atomic E-state index is 0.338. The fourth-order valence-corrected chi connectivity index (χ4v) is 2.09. The molecule has 0 amide bonds. The molecule has 1 aliphatic rings. The Morgan fingerprint density at radius 2 is 2.07 bits per heavy atom. The van der Waals surface area contributed by atoms with Crippen LogP contribution in [0.1, 0.15) is 19.8 Å². The molecule has 1 rings (SSSR count). The number of ether oxygens (including phenoxy) is 2. The van der Waals surface area contributed by atoms with Gasteiger partial charge in [-0.05, 0) is 19.8 Å². The Morgan fingerprint density at radius 3 is 2.60 bits per heavy atom. The quantitative estimate of drug-likeness (QED) is 0.694. The average Bonchev–Trinajstić information content (AvgIpc) is 2.28. The lowest BCUT2D eigenvalue weighted by Gasteiger charge is -2.33. The maximum Gasteiger partial charge on any atom is 0.0670 e. The lowest BCUT2D eigenvalue weighted by atomic mass is 10.1. The molecule has 1 fully saturated rings. The number of halogens is 1. The van der Waals surface area contributed by atoms with Crippen molar-refractivity contribution in [2.24, 2.45) is 0 Å². The summed E-state index contributed by atoms with van der Waals surface area (Å²) in [5.41, 5.74) is 0. The first-order valence-electron chi connectivity index (χ1n) is 5.69. The van der Waals surface area contributed by atoms with Gasteiger partial charge in [-0.15, -0.1) is 0 Å². The van der Waals surface area contributed by atoms with Gasteiger partial charge in [0.25, 0.3) is 0 Å². The number of alkyl halides is 1. The van der Waals surface area contributed by atoms with Gasteiger partial charge in [-0.3, -0.25) is 0 Å². The summed E-state index contributed by atoms with van der Waals surface area (Å²) in [5, 5.41) is 0.938. The molecule has 1 atom stereocenters. The van der Waals surface area contributed by atoms with Crippen molar-refractivity contribution in [3.63, 3.8) is 0 Å². The third-order valence-electron chi connectivity index (χ3n) is 2.88. The number of nitrogens with zero attached hydrogens (tertiary/aromatic N) is 1. The zero-order chi connectivity index (χ0) is 11.1. The first kappa shape index (κ1) is 13.4. The zero-order valence-electron chi connectivity index (χ0n) is 9.75. The molecule has 0 aromatic rings. The minimum atomic E-state index is 0.338. The summed E-state index contributed by atoms with van der Waals surface area (Å²) in [6.07, 6.45) is 3.12. The van der Waals surface area contributed by atoms with Crippen molar-refractivity contribution in [2.75, 3.05) is 38.7 Å². The van der Waals surface area contributed by atoms with E-state index in [0.717, 1.165) is 44.4 Å². The van der Waals surface area contributed by atoms with Crippen LogP contribution in [0.15, 0.2) is 0 Å². The molecule has 0 spiro atoms. The van der Waals surface area contributed by atoms with Crippen LogP contribution in [-0.4, -0.2) is 55.8 Å². The van der Waals surface area contributed by atoms with E-state index in [2.05, 4.69) is 27.8 Å².